The van der Waals surface area contributed by atoms with Gasteiger partial charge in [0, 0.05) is 19.0 Å². The van der Waals surface area contributed by atoms with E-state index in [1.54, 1.807) is 12.1 Å². The fraction of sp³-hybridized carbons (Fsp3) is 0.417. The van der Waals surface area contributed by atoms with Crippen molar-refractivity contribution in [2.45, 2.75) is 25.8 Å². The molecule has 0 aliphatic rings. The van der Waals surface area contributed by atoms with Crippen molar-refractivity contribution >= 4 is 5.91 Å². The summed E-state index contributed by atoms with van der Waals surface area (Å²) in [4.78, 5) is 11.4. The average molecular weight is 224 g/mol. The summed E-state index contributed by atoms with van der Waals surface area (Å²) >= 11 is 0. The lowest BCUT2D eigenvalue weighted by Crippen LogP contribution is -2.37. The molecule has 0 heterocycles. The number of nitrogens with two attached hydrogens (primary N) is 1. The zero-order valence-electron chi connectivity index (χ0n) is 9.37. The standard InChI is InChI=1S/C12H17FN2O/c1-9(8-14)15-12(16)7-4-10-2-5-11(13)6-3-10/h2-3,5-6,9H,4,7-8,14H2,1H3,(H,15,16)/t9-/m0/s1. The normalized spacial score (nSPS) is 12.2. The molecule has 3 N–H and O–H groups in total. The predicted molar refractivity (Wildman–Crippen MR) is 61.4 cm³/mol. The number of rotatable bonds is 5. The van der Waals surface area contributed by atoms with Crippen molar-refractivity contribution in [2.24, 2.45) is 5.73 Å². The minimum Gasteiger partial charge on any atom is -0.352 e. The van der Waals surface area contributed by atoms with Gasteiger partial charge < -0.3 is 11.1 Å². The minimum absolute atomic E-state index is 0.000665. The molecule has 0 saturated heterocycles. The number of carbonyl (C=O) groups excluding carboxylic acids is 1. The van der Waals surface area contributed by atoms with Crippen LogP contribution >= 0.6 is 0 Å². The first-order chi connectivity index (χ1) is 7.61. The Morgan fingerprint density at radius 1 is 1.44 bits per heavy atom. The first-order valence-corrected chi connectivity index (χ1v) is 5.35. The monoisotopic (exact) mass is 224 g/mol. The van der Waals surface area contributed by atoms with Crippen LogP contribution in [0.25, 0.3) is 0 Å². The van der Waals surface area contributed by atoms with Crippen molar-refractivity contribution in [1.82, 2.24) is 5.32 Å². The van der Waals surface area contributed by atoms with Crippen molar-refractivity contribution in [3.63, 3.8) is 0 Å². The van der Waals surface area contributed by atoms with Gasteiger partial charge in [-0.3, -0.25) is 4.79 Å². The Bertz CT molecular complexity index is 337. The molecule has 0 spiro atoms. The third-order valence-corrected chi connectivity index (χ3v) is 2.31. The largest absolute Gasteiger partial charge is 0.352 e. The molecule has 0 aromatic heterocycles. The summed E-state index contributed by atoms with van der Waals surface area (Å²) in [6, 6.07) is 6.18. The molecule has 0 bridgehead atoms. The van der Waals surface area contributed by atoms with Crippen LogP contribution in [0.4, 0.5) is 4.39 Å². The predicted octanol–water partition coefficient (Wildman–Crippen LogP) is 1.22. The summed E-state index contributed by atoms with van der Waals surface area (Å²) < 4.78 is 12.6. The van der Waals surface area contributed by atoms with Crippen LogP contribution in [0.1, 0.15) is 18.9 Å². The van der Waals surface area contributed by atoms with Crippen LogP contribution in [-0.4, -0.2) is 18.5 Å². The summed E-state index contributed by atoms with van der Waals surface area (Å²) in [5, 5.41) is 2.77. The maximum absolute atomic E-state index is 12.6. The molecule has 16 heavy (non-hydrogen) atoms. The summed E-state index contributed by atoms with van der Waals surface area (Å²) in [7, 11) is 0. The zero-order valence-corrected chi connectivity index (χ0v) is 9.37. The number of benzene rings is 1. The molecular formula is C12H17FN2O. The minimum atomic E-state index is -0.259. The molecule has 1 aromatic carbocycles. The Hall–Kier alpha value is -1.42. The molecule has 1 amide bonds. The van der Waals surface area contributed by atoms with Crippen molar-refractivity contribution in [2.75, 3.05) is 6.54 Å². The highest BCUT2D eigenvalue weighted by atomic mass is 19.1. The lowest BCUT2D eigenvalue weighted by atomic mass is 10.1. The summed E-state index contributed by atoms with van der Waals surface area (Å²) in [6.07, 6.45) is 1.01. The van der Waals surface area contributed by atoms with Gasteiger partial charge in [-0.1, -0.05) is 12.1 Å². The highest BCUT2D eigenvalue weighted by Crippen LogP contribution is 2.05. The Balaban J connectivity index is 2.34. The molecular weight excluding hydrogens is 207 g/mol. The SMILES string of the molecule is C[C@@H](CN)NC(=O)CCc1ccc(F)cc1. The van der Waals surface area contributed by atoms with Crippen LogP contribution in [0, 0.1) is 5.82 Å². The second-order valence-corrected chi connectivity index (χ2v) is 3.83. The van der Waals surface area contributed by atoms with Gasteiger partial charge in [0.25, 0.3) is 0 Å². The van der Waals surface area contributed by atoms with Gasteiger partial charge >= 0.3 is 0 Å². The summed E-state index contributed by atoms with van der Waals surface area (Å²) in [6.45, 7) is 2.29. The van der Waals surface area contributed by atoms with Gasteiger partial charge in [0.15, 0.2) is 0 Å². The van der Waals surface area contributed by atoms with Gasteiger partial charge in [-0.2, -0.15) is 0 Å². The van der Waals surface area contributed by atoms with Gasteiger partial charge in [0.05, 0.1) is 0 Å². The van der Waals surface area contributed by atoms with Gasteiger partial charge in [-0.05, 0) is 31.0 Å². The second kappa shape index (κ2) is 6.23. The molecule has 0 unspecified atom stereocenters. The van der Waals surface area contributed by atoms with Gasteiger partial charge in [-0.25, -0.2) is 4.39 Å². The molecule has 3 nitrogen and oxygen atoms in total. The van der Waals surface area contributed by atoms with Crippen LogP contribution < -0.4 is 11.1 Å². The Morgan fingerprint density at radius 3 is 2.62 bits per heavy atom. The van der Waals surface area contributed by atoms with E-state index >= 15 is 0 Å². The van der Waals surface area contributed by atoms with Gasteiger partial charge in [0.2, 0.25) is 5.91 Å². The third kappa shape index (κ3) is 4.40. The van der Waals surface area contributed by atoms with Gasteiger partial charge in [-0.15, -0.1) is 0 Å². The van der Waals surface area contributed by atoms with E-state index in [1.165, 1.54) is 12.1 Å². The fourth-order valence-electron chi connectivity index (χ4n) is 1.31. The molecule has 0 aliphatic carbocycles. The van der Waals surface area contributed by atoms with E-state index in [9.17, 15) is 9.18 Å². The van der Waals surface area contributed by atoms with Crippen LogP contribution in [0.5, 0.6) is 0 Å². The van der Waals surface area contributed by atoms with Gasteiger partial charge in [0.1, 0.15) is 5.82 Å². The van der Waals surface area contributed by atoms with Crippen molar-refractivity contribution in [3.8, 4) is 0 Å². The van der Waals surface area contributed by atoms with E-state index in [4.69, 9.17) is 5.73 Å². The van der Waals surface area contributed by atoms with Crippen LogP contribution in [0.3, 0.4) is 0 Å². The summed E-state index contributed by atoms with van der Waals surface area (Å²) in [5.41, 5.74) is 6.34. The topological polar surface area (TPSA) is 55.1 Å². The first kappa shape index (κ1) is 12.6. The van der Waals surface area contributed by atoms with E-state index < -0.39 is 0 Å². The van der Waals surface area contributed by atoms with Crippen molar-refractivity contribution < 1.29 is 9.18 Å². The van der Waals surface area contributed by atoms with E-state index in [0.29, 0.717) is 19.4 Å². The fourth-order valence-corrected chi connectivity index (χ4v) is 1.31. The molecule has 0 fully saturated rings. The average Bonchev–Trinajstić information content (AvgIpc) is 2.28. The van der Waals surface area contributed by atoms with E-state index in [-0.39, 0.29) is 17.8 Å². The molecule has 0 saturated carbocycles. The molecule has 0 radical (unpaired) electrons. The van der Waals surface area contributed by atoms with E-state index in [2.05, 4.69) is 5.32 Å². The second-order valence-electron chi connectivity index (χ2n) is 3.83. The molecule has 88 valence electrons. The highest BCUT2D eigenvalue weighted by Gasteiger charge is 2.05. The quantitative estimate of drug-likeness (QED) is 0.790. The Morgan fingerprint density at radius 2 is 2.06 bits per heavy atom. The first-order valence-electron chi connectivity index (χ1n) is 5.35. The molecule has 4 heteroatoms. The molecule has 1 aromatic rings. The molecule has 1 atom stereocenters. The maximum Gasteiger partial charge on any atom is 0.220 e. The summed E-state index contributed by atoms with van der Waals surface area (Å²) in [5.74, 6) is -0.285. The number of amides is 1. The number of carbonyl (C=O) groups is 1. The van der Waals surface area contributed by atoms with E-state index in [1.807, 2.05) is 6.92 Å². The number of hydrogen-bond donors (Lipinski definition) is 2. The Labute approximate surface area is 94.8 Å². The third-order valence-electron chi connectivity index (χ3n) is 2.31. The zero-order chi connectivity index (χ0) is 12.0. The number of aryl methyl sites for hydroxylation is 1. The molecule has 1 rings (SSSR count). The Kier molecular flexibility index (Phi) is 4.92. The van der Waals surface area contributed by atoms with Crippen LogP contribution in [0.2, 0.25) is 0 Å². The van der Waals surface area contributed by atoms with Crippen molar-refractivity contribution in [3.05, 3.63) is 35.6 Å². The highest BCUT2D eigenvalue weighted by molar-refractivity contribution is 5.76. The van der Waals surface area contributed by atoms with Crippen molar-refractivity contribution in [1.29, 1.82) is 0 Å². The smallest absolute Gasteiger partial charge is 0.220 e. The molecule has 0 aliphatic heterocycles. The number of halogens is 1. The number of hydrogen-bond acceptors (Lipinski definition) is 2. The number of nitrogens with one attached hydrogen (secondary N) is 1. The maximum atomic E-state index is 12.6. The van der Waals surface area contributed by atoms with E-state index in [0.717, 1.165) is 5.56 Å². The van der Waals surface area contributed by atoms with Crippen LogP contribution in [-0.2, 0) is 11.2 Å². The lowest BCUT2D eigenvalue weighted by molar-refractivity contribution is -0.121. The lowest BCUT2D eigenvalue weighted by Gasteiger charge is -2.10. The van der Waals surface area contributed by atoms with Crippen LogP contribution in [0.15, 0.2) is 24.3 Å².